The first kappa shape index (κ1) is 35.7. The van der Waals surface area contributed by atoms with E-state index in [4.69, 9.17) is 9.47 Å². The third kappa shape index (κ3) is 7.11. The number of carboxylic acid groups (broad SMARTS) is 1. The number of aliphatic carboxylic acids is 1. The second-order valence-electron chi connectivity index (χ2n) is 15.1. The number of likely N-dealkylation sites (tertiary alicyclic amines) is 1. The van der Waals surface area contributed by atoms with Gasteiger partial charge in [-0.1, -0.05) is 57.2 Å². The van der Waals surface area contributed by atoms with E-state index in [1.807, 2.05) is 42.5 Å². The van der Waals surface area contributed by atoms with Crippen LogP contribution in [0.5, 0.6) is 5.75 Å². The number of para-hydroxylation sites is 1. The summed E-state index contributed by atoms with van der Waals surface area (Å²) < 4.78 is 11.0. The highest BCUT2D eigenvalue weighted by Gasteiger charge is 2.61. The Balaban J connectivity index is 1.28. The van der Waals surface area contributed by atoms with Gasteiger partial charge in [-0.2, -0.15) is 0 Å². The van der Waals surface area contributed by atoms with E-state index >= 15 is 0 Å². The largest absolute Gasteiger partial charge is 0.497 e. The number of rotatable bonds is 10. The molecule has 0 bridgehead atoms. The lowest BCUT2D eigenvalue weighted by Gasteiger charge is -2.36. The van der Waals surface area contributed by atoms with Crippen LogP contribution in [-0.4, -0.2) is 88.2 Å². The molecule has 0 radical (unpaired) electrons. The Kier molecular flexibility index (Phi) is 9.75. The molecular formula is C38H47N5O8. The number of hydrogen-bond acceptors (Lipinski definition) is 7. The molecule has 2 heterocycles. The maximum Gasteiger partial charge on any atom is 0.408 e. The van der Waals surface area contributed by atoms with Gasteiger partial charge < -0.3 is 40.3 Å². The minimum Gasteiger partial charge on any atom is -0.497 e. The minimum atomic E-state index is -1.52. The first-order valence-electron chi connectivity index (χ1n) is 17.5. The van der Waals surface area contributed by atoms with Gasteiger partial charge >= 0.3 is 18.1 Å². The lowest BCUT2D eigenvalue weighted by molar-refractivity contribution is -0.146. The fourth-order valence-corrected chi connectivity index (χ4v) is 7.61. The molecular weight excluding hydrogens is 654 g/mol. The maximum atomic E-state index is 14.5. The van der Waals surface area contributed by atoms with Crippen LogP contribution in [0.4, 0.5) is 15.3 Å². The molecule has 2 aromatic rings. The minimum absolute atomic E-state index is 0.00780. The van der Waals surface area contributed by atoms with Crippen molar-refractivity contribution in [2.45, 2.75) is 95.6 Å². The maximum absolute atomic E-state index is 14.5. The number of carbonyl (C=O) groups is 5. The number of methoxy groups -OCH3 is 1. The van der Waals surface area contributed by atoms with Gasteiger partial charge in [-0.05, 0) is 67.2 Å². The van der Waals surface area contributed by atoms with Gasteiger partial charge in [-0.15, -0.1) is 6.58 Å². The summed E-state index contributed by atoms with van der Waals surface area (Å²) in [6.07, 6.45) is 4.27. The first-order valence-corrected chi connectivity index (χ1v) is 17.5. The lowest BCUT2D eigenvalue weighted by Crippen LogP contribution is -2.59. The molecule has 2 aliphatic heterocycles. The van der Waals surface area contributed by atoms with Crippen LogP contribution >= 0.6 is 0 Å². The Bertz CT molecular complexity index is 1730. The molecule has 5 atom stereocenters. The van der Waals surface area contributed by atoms with Crippen LogP contribution in [-0.2, 0) is 25.7 Å². The van der Waals surface area contributed by atoms with E-state index in [9.17, 15) is 29.1 Å². The molecule has 2 aliphatic carbocycles. The van der Waals surface area contributed by atoms with Gasteiger partial charge in [0, 0.05) is 24.6 Å². The molecule has 0 unspecified atom stereocenters. The summed E-state index contributed by atoms with van der Waals surface area (Å²) in [5.41, 5.74) is 0.903. The zero-order chi connectivity index (χ0) is 36.7. The number of carboxylic acids is 1. The van der Waals surface area contributed by atoms with Gasteiger partial charge in [0.05, 0.1) is 18.8 Å². The summed E-state index contributed by atoms with van der Waals surface area (Å²) in [7, 11) is 1.59. The molecule has 4 aliphatic rings. The Hall–Kier alpha value is -5.07. The van der Waals surface area contributed by atoms with Gasteiger partial charge in [0.25, 0.3) is 0 Å². The van der Waals surface area contributed by atoms with Crippen molar-refractivity contribution >= 4 is 35.6 Å². The zero-order valence-corrected chi connectivity index (χ0v) is 29.6. The van der Waals surface area contributed by atoms with Gasteiger partial charge in [0.1, 0.15) is 29.5 Å². The summed E-state index contributed by atoms with van der Waals surface area (Å²) in [5.74, 6) is -2.13. The SMILES string of the molecule is C=C[C@@H]1C[C@]1(NC(=O)[C@@H]1C[C@@H](N2Cc3cccc(-c4cccc(OC)c4)c3NC2=O)CN1C(=O)[C@@H](NC(=O)OC1CCCC1)C(C)(C)C)C(=O)O. The Morgan fingerprint density at radius 2 is 1.84 bits per heavy atom. The molecule has 0 spiro atoms. The molecule has 4 N–H and O–H groups in total. The number of amides is 5. The van der Waals surface area contributed by atoms with Gasteiger partial charge in [0.2, 0.25) is 11.8 Å². The normalized spacial score (nSPS) is 24.9. The van der Waals surface area contributed by atoms with Crippen molar-refractivity contribution in [1.82, 2.24) is 20.4 Å². The number of fused-ring (bicyclic) bond motifs is 1. The number of alkyl carbamates (subject to hydrolysis) is 1. The Morgan fingerprint density at radius 1 is 1.12 bits per heavy atom. The van der Waals surface area contributed by atoms with Crippen LogP contribution in [0, 0.1) is 11.3 Å². The Morgan fingerprint density at radius 3 is 2.49 bits per heavy atom. The van der Waals surface area contributed by atoms with Crippen LogP contribution < -0.4 is 20.7 Å². The molecule has 1 saturated heterocycles. The number of benzene rings is 2. The summed E-state index contributed by atoms with van der Waals surface area (Å²) in [4.78, 5) is 70.7. The highest BCUT2D eigenvalue weighted by molar-refractivity contribution is 5.99. The molecule has 13 nitrogen and oxygen atoms in total. The number of ether oxygens (including phenoxy) is 2. The van der Waals surface area contributed by atoms with E-state index in [-0.39, 0.29) is 32.0 Å². The van der Waals surface area contributed by atoms with Crippen molar-refractivity contribution in [2.24, 2.45) is 11.3 Å². The van der Waals surface area contributed by atoms with E-state index in [1.54, 1.807) is 32.8 Å². The quantitative estimate of drug-likeness (QED) is 0.254. The third-order valence-corrected chi connectivity index (χ3v) is 10.6. The predicted molar refractivity (Wildman–Crippen MR) is 189 cm³/mol. The summed E-state index contributed by atoms with van der Waals surface area (Å²) in [6, 6.07) is 10.1. The van der Waals surface area contributed by atoms with Crippen LogP contribution in [0.2, 0.25) is 0 Å². The molecule has 2 aromatic carbocycles. The van der Waals surface area contributed by atoms with Crippen molar-refractivity contribution in [2.75, 3.05) is 19.0 Å². The number of anilines is 1. The lowest BCUT2D eigenvalue weighted by atomic mass is 9.85. The van der Waals surface area contributed by atoms with Crippen LogP contribution in [0.3, 0.4) is 0 Å². The zero-order valence-electron chi connectivity index (χ0n) is 29.6. The average molecular weight is 702 g/mol. The number of nitrogens with zero attached hydrogens (tertiary/aromatic N) is 2. The summed E-state index contributed by atoms with van der Waals surface area (Å²) >= 11 is 0. The highest BCUT2D eigenvalue weighted by atomic mass is 16.6. The first-order chi connectivity index (χ1) is 24.2. The number of hydrogen-bond donors (Lipinski definition) is 4. The van der Waals surface area contributed by atoms with Gasteiger partial charge in [-0.3, -0.25) is 9.59 Å². The molecule has 13 heteroatoms. The van der Waals surface area contributed by atoms with Gasteiger partial charge in [-0.25, -0.2) is 14.4 Å². The molecule has 0 aromatic heterocycles. The van der Waals surface area contributed by atoms with E-state index in [0.29, 0.717) is 11.4 Å². The smallest absolute Gasteiger partial charge is 0.408 e. The van der Waals surface area contributed by atoms with E-state index in [0.717, 1.165) is 42.4 Å². The van der Waals surface area contributed by atoms with Gasteiger partial charge in [0.15, 0.2) is 0 Å². The number of nitrogens with one attached hydrogen (secondary N) is 3. The summed E-state index contributed by atoms with van der Waals surface area (Å²) in [5, 5.41) is 18.5. The van der Waals surface area contributed by atoms with E-state index < -0.39 is 64.9 Å². The molecule has 5 amide bonds. The standard InChI is InChI=1S/C38H47N5O8/c1-6-24-19-38(24,34(46)47)41-32(44)29-18-25(21-43(29)33(45)31(37(2,3)4)40-36(49)51-26-13-7-8-14-26)42-20-23-12-10-16-28(30(23)39-35(42)48)22-11-9-15-27(17-22)50-5/h6,9-12,15-17,24-26,29,31H,1,7-8,13-14,18-21H2,2-5H3,(H,39,48)(H,40,49)(H,41,44)(H,46,47)/t24-,25-,29+,31-,38-/m1/s1. The van der Waals surface area contributed by atoms with Crippen molar-refractivity contribution in [3.8, 4) is 16.9 Å². The van der Waals surface area contributed by atoms with E-state index in [1.165, 1.54) is 11.0 Å². The van der Waals surface area contributed by atoms with Crippen LogP contribution in [0.1, 0.15) is 64.9 Å². The molecule has 3 fully saturated rings. The van der Waals surface area contributed by atoms with Crippen LogP contribution in [0.25, 0.3) is 11.1 Å². The topological polar surface area (TPSA) is 167 Å². The monoisotopic (exact) mass is 701 g/mol. The fourth-order valence-electron chi connectivity index (χ4n) is 7.61. The number of urea groups is 1. The van der Waals surface area contributed by atoms with E-state index in [2.05, 4.69) is 22.5 Å². The highest BCUT2D eigenvalue weighted by Crippen LogP contribution is 2.45. The molecule has 2 saturated carbocycles. The summed E-state index contributed by atoms with van der Waals surface area (Å²) in [6.45, 7) is 9.34. The van der Waals surface area contributed by atoms with Crippen molar-refractivity contribution < 1.29 is 38.6 Å². The van der Waals surface area contributed by atoms with Crippen molar-refractivity contribution in [3.05, 3.63) is 60.7 Å². The molecule has 6 rings (SSSR count). The third-order valence-electron chi connectivity index (χ3n) is 10.6. The predicted octanol–water partition coefficient (Wildman–Crippen LogP) is 4.91. The van der Waals surface area contributed by atoms with Crippen molar-refractivity contribution in [3.63, 3.8) is 0 Å². The molecule has 272 valence electrons. The molecule has 51 heavy (non-hydrogen) atoms. The average Bonchev–Trinajstić information content (AvgIpc) is 3.37. The Labute approximate surface area is 297 Å². The second kappa shape index (κ2) is 13.9. The second-order valence-corrected chi connectivity index (χ2v) is 15.1. The fraction of sp³-hybridized carbons (Fsp3) is 0.500. The van der Waals surface area contributed by atoms with Crippen LogP contribution in [0.15, 0.2) is 55.1 Å². The number of carbonyl (C=O) groups excluding carboxylic acids is 4. The van der Waals surface area contributed by atoms with Crippen molar-refractivity contribution in [1.29, 1.82) is 0 Å².